The average Bonchev–Trinajstić information content (AvgIpc) is 2.82. The zero-order chi connectivity index (χ0) is 15.5. The van der Waals surface area contributed by atoms with E-state index in [4.69, 9.17) is 11.6 Å². The maximum atomic E-state index is 12.7. The van der Waals surface area contributed by atoms with Gasteiger partial charge in [-0.05, 0) is 31.7 Å². The molecule has 1 aromatic heterocycles. The van der Waals surface area contributed by atoms with Crippen LogP contribution in [0.4, 0.5) is 0 Å². The van der Waals surface area contributed by atoms with Gasteiger partial charge in [-0.3, -0.25) is 4.79 Å². The SMILES string of the molecule is Cc1nn(Cc2ccccc2)c(Cl)c1C(=O)N1CCCCC1. The number of hydrogen-bond acceptors (Lipinski definition) is 2. The van der Waals surface area contributed by atoms with Crippen LogP contribution < -0.4 is 0 Å². The van der Waals surface area contributed by atoms with Crippen molar-refractivity contribution in [2.24, 2.45) is 0 Å². The largest absolute Gasteiger partial charge is 0.338 e. The molecule has 1 saturated heterocycles. The van der Waals surface area contributed by atoms with E-state index < -0.39 is 0 Å². The first-order valence-corrected chi connectivity index (χ1v) is 8.10. The molecule has 0 radical (unpaired) electrons. The van der Waals surface area contributed by atoms with Crippen LogP contribution >= 0.6 is 11.6 Å². The van der Waals surface area contributed by atoms with E-state index in [1.807, 2.05) is 42.2 Å². The van der Waals surface area contributed by atoms with Crippen molar-refractivity contribution in [3.8, 4) is 0 Å². The quantitative estimate of drug-likeness (QED) is 0.868. The fourth-order valence-corrected chi connectivity index (χ4v) is 3.23. The lowest BCUT2D eigenvalue weighted by Crippen LogP contribution is -2.35. The smallest absolute Gasteiger partial charge is 0.258 e. The number of aryl methyl sites for hydroxylation is 1. The van der Waals surface area contributed by atoms with Crippen LogP contribution in [0.25, 0.3) is 0 Å². The van der Waals surface area contributed by atoms with Crippen LogP contribution in [0.3, 0.4) is 0 Å². The van der Waals surface area contributed by atoms with Crippen molar-refractivity contribution in [1.82, 2.24) is 14.7 Å². The van der Waals surface area contributed by atoms with E-state index in [1.54, 1.807) is 4.68 Å². The molecule has 2 heterocycles. The van der Waals surface area contributed by atoms with Gasteiger partial charge in [-0.2, -0.15) is 5.10 Å². The molecular weight excluding hydrogens is 298 g/mol. The van der Waals surface area contributed by atoms with Gasteiger partial charge in [-0.25, -0.2) is 4.68 Å². The fourth-order valence-electron chi connectivity index (χ4n) is 2.91. The van der Waals surface area contributed by atoms with Crippen LogP contribution in [0, 0.1) is 6.92 Å². The van der Waals surface area contributed by atoms with Gasteiger partial charge in [0.15, 0.2) is 0 Å². The van der Waals surface area contributed by atoms with Crippen LogP contribution in [0.5, 0.6) is 0 Å². The molecule has 1 fully saturated rings. The maximum absolute atomic E-state index is 12.7. The Labute approximate surface area is 135 Å². The summed E-state index contributed by atoms with van der Waals surface area (Å²) in [7, 11) is 0. The number of rotatable bonds is 3. The van der Waals surface area contributed by atoms with Crippen molar-refractivity contribution < 1.29 is 4.79 Å². The zero-order valence-electron chi connectivity index (χ0n) is 12.8. The Bertz CT molecular complexity index is 660. The molecule has 2 aromatic rings. The van der Waals surface area contributed by atoms with E-state index in [-0.39, 0.29) is 5.91 Å². The molecular formula is C17H20ClN3O. The second kappa shape index (κ2) is 6.53. The normalized spacial score (nSPS) is 15.1. The minimum atomic E-state index is 0.0153. The van der Waals surface area contributed by atoms with Crippen LogP contribution in [0.2, 0.25) is 5.15 Å². The lowest BCUT2D eigenvalue weighted by molar-refractivity contribution is 0.0723. The van der Waals surface area contributed by atoms with Crippen LogP contribution in [-0.4, -0.2) is 33.7 Å². The summed E-state index contributed by atoms with van der Waals surface area (Å²) in [6.07, 6.45) is 3.34. The topological polar surface area (TPSA) is 38.1 Å². The molecule has 0 atom stereocenters. The third-order valence-corrected chi connectivity index (χ3v) is 4.48. The minimum Gasteiger partial charge on any atom is -0.338 e. The lowest BCUT2D eigenvalue weighted by Gasteiger charge is -2.26. The molecule has 0 saturated carbocycles. The first-order chi connectivity index (χ1) is 10.7. The van der Waals surface area contributed by atoms with Gasteiger partial charge in [0.05, 0.1) is 17.8 Å². The summed E-state index contributed by atoms with van der Waals surface area (Å²) < 4.78 is 1.71. The van der Waals surface area contributed by atoms with E-state index in [0.29, 0.717) is 23.0 Å². The summed E-state index contributed by atoms with van der Waals surface area (Å²) in [6, 6.07) is 10.0. The molecule has 0 unspecified atom stereocenters. The summed E-state index contributed by atoms with van der Waals surface area (Å²) in [5, 5.41) is 4.90. The molecule has 0 spiro atoms. The number of amides is 1. The van der Waals surface area contributed by atoms with Gasteiger partial charge in [0.2, 0.25) is 0 Å². The summed E-state index contributed by atoms with van der Waals surface area (Å²) in [5.41, 5.74) is 2.37. The van der Waals surface area contributed by atoms with Crippen molar-refractivity contribution in [1.29, 1.82) is 0 Å². The highest BCUT2D eigenvalue weighted by molar-refractivity contribution is 6.33. The number of benzene rings is 1. The number of aromatic nitrogens is 2. The fraction of sp³-hybridized carbons (Fsp3) is 0.412. The number of likely N-dealkylation sites (tertiary alicyclic amines) is 1. The number of halogens is 1. The zero-order valence-corrected chi connectivity index (χ0v) is 13.5. The monoisotopic (exact) mass is 317 g/mol. The summed E-state index contributed by atoms with van der Waals surface area (Å²) in [4.78, 5) is 14.6. The van der Waals surface area contributed by atoms with Gasteiger partial charge < -0.3 is 4.90 Å². The molecule has 1 aromatic carbocycles. The van der Waals surface area contributed by atoms with Crippen LogP contribution in [-0.2, 0) is 6.54 Å². The number of carbonyl (C=O) groups excluding carboxylic acids is 1. The van der Waals surface area contributed by atoms with Gasteiger partial charge in [0.25, 0.3) is 5.91 Å². The molecule has 116 valence electrons. The highest BCUT2D eigenvalue weighted by atomic mass is 35.5. The van der Waals surface area contributed by atoms with E-state index in [2.05, 4.69) is 5.10 Å². The number of nitrogens with zero attached hydrogens (tertiary/aromatic N) is 3. The predicted octanol–water partition coefficient (Wildman–Crippen LogP) is 3.52. The first kappa shape index (κ1) is 15.1. The Balaban J connectivity index is 1.85. The molecule has 3 rings (SSSR count). The van der Waals surface area contributed by atoms with Gasteiger partial charge in [0, 0.05) is 13.1 Å². The second-order valence-electron chi connectivity index (χ2n) is 5.75. The number of hydrogen-bond donors (Lipinski definition) is 0. The van der Waals surface area contributed by atoms with E-state index in [9.17, 15) is 4.79 Å². The average molecular weight is 318 g/mol. The minimum absolute atomic E-state index is 0.0153. The Hall–Kier alpha value is -1.81. The van der Waals surface area contributed by atoms with Gasteiger partial charge in [-0.1, -0.05) is 41.9 Å². The molecule has 22 heavy (non-hydrogen) atoms. The van der Waals surface area contributed by atoms with E-state index >= 15 is 0 Å². The Morgan fingerprint density at radius 3 is 2.55 bits per heavy atom. The molecule has 1 amide bonds. The van der Waals surface area contributed by atoms with Crippen molar-refractivity contribution in [2.75, 3.05) is 13.1 Å². The Morgan fingerprint density at radius 1 is 1.18 bits per heavy atom. The molecule has 0 N–H and O–H groups in total. The van der Waals surface area contributed by atoms with E-state index in [1.165, 1.54) is 6.42 Å². The summed E-state index contributed by atoms with van der Waals surface area (Å²) in [6.45, 7) is 4.06. The highest BCUT2D eigenvalue weighted by Crippen LogP contribution is 2.24. The van der Waals surface area contributed by atoms with Gasteiger partial charge in [-0.15, -0.1) is 0 Å². The van der Waals surface area contributed by atoms with Crippen molar-refractivity contribution >= 4 is 17.5 Å². The third kappa shape index (κ3) is 3.02. The first-order valence-electron chi connectivity index (χ1n) is 7.73. The van der Waals surface area contributed by atoms with Gasteiger partial charge >= 0.3 is 0 Å². The summed E-state index contributed by atoms with van der Waals surface area (Å²) >= 11 is 6.45. The van der Waals surface area contributed by atoms with E-state index in [0.717, 1.165) is 31.5 Å². The molecule has 5 heteroatoms. The molecule has 1 aliphatic rings. The van der Waals surface area contributed by atoms with Crippen molar-refractivity contribution in [3.05, 3.63) is 52.3 Å². The third-order valence-electron chi connectivity index (χ3n) is 4.10. The maximum Gasteiger partial charge on any atom is 0.258 e. The summed E-state index contributed by atoms with van der Waals surface area (Å²) in [5.74, 6) is 0.0153. The predicted molar refractivity (Wildman–Crippen MR) is 87.3 cm³/mol. The van der Waals surface area contributed by atoms with Gasteiger partial charge in [0.1, 0.15) is 5.15 Å². The standard InChI is InChI=1S/C17H20ClN3O/c1-13-15(17(22)20-10-6-3-7-11-20)16(18)21(19-13)12-14-8-4-2-5-9-14/h2,4-5,8-9H,3,6-7,10-12H2,1H3. The van der Waals surface area contributed by atoms with Crippen LogP contribution in [0.1, 0.15) is 40.9 Å². The number of piperidine rings is 1. The lowest BCUT2D eigenvalue weighted by atomic mass is 10.1. The highest BCUT2D eigenvalue weighted by Gasteiger charge is 2.25. The Morgan fingerprint density at radius 2 is 1.86 bits per heavy atom. The van der Waals surface area contributed by atoms with Crippen molar-refractivity contribution in [3.63, 3.8) is 0 Å². The molecule has 0 bridgehead atoms. The van der Waals surface area contributed by atoms with Crippen molar-refractivity contribution in [2.45, 2.75) is 32.7 Å². The molecule has 1 aliphatic heterocycles. The molecule has 0 aliphatic carbocycles. The molecule has 4 nitrogen and oxygen atoms in total. The number of carbonyl (C=O) groups is 1. The van der Waals surface area contributed by atoms with Crippen LogP contribution in [0.15, 0.2) is 30.3 Å². The second-order valence-corrected chi connectivity index (χ2v) is 6.11. The Kier molecular flexibility index (Phi) is 4.48.